The molecule has 0 atom stereocenters. The maximum absolute atomic E-state index is 5.27. The quantitative estimate of drug-likeness (QED) is 0.917. The summed E-state index contributed by atoms with van der Waals surface area (Å²) < 4.78 is 5.27. The van der Waals surface area contributed by atoms with E-state index in [9.17, 15) is 0 Å². The van der Waals surface area contributed by atoms with Gasteiger partial charge in [-0.05, 0) is 44.5 Å². The maximum atomic E-state index is 5.27. The highest BCUT2D eigenvalue weighted by molar-refractivity contribution is 5.62. The number of nitrogens with one attached hydrogen (secondary N) is 1. The molecule has 4 nitrogen and oxygen atoms in total. The molecule has 1 aromatic heterocycles. The van der Waals surface area contributed by atoms with Gasteiger partial charge in [-0.2, -0.15) is 0 Å². The average Bonchev–Trinajstić information content (AvgIpc) is 2.41. The van der Waals surface area contributed by atoms with E-state index in [4.69, 9.17) is 4.74 Å². The molecule has 0 bridgehead atoms. The molecule has 4 heteroatoms. The molecular weight excluding hydrogens is 238 g/mol. The van der Waals surface area contributed by atoms with Crippen molar-refractivity contribution >= 4 is 5.82 Å². The van der Waals surface area contributed by atoms with E-state index in [1.807, 2.05) is 46.0 Å². The maximum Gasteiger partial charge on any atom is 0.161 e. The van der Waals surface area contributed by atoms with Crippen LogP contribution >= 0.6 is 0 Å². The molecule has 0 fully saturated rings. The van der Waals surface area contributed by atoms with Crippen LogP contribution in [0.15, 0.2) is 18.2 Å². The van der Waals surface area contributed by atoms with Crippen molar-refractivity contribution in [3.8, 4) is 17.1 Å². The van der Waals surface area contributed by atoms with Gasteiger partial charge in [0.2, 0.25) is 0 Å². The van der Waals surface area contributed by atoms with Crippen LogP contribution in [0.4, 0.5) is 5.82 Å². The molecule has 19 heavy (non-hydrogen) atoms. The highest BCUT2D eigenvalue weighted by Crippen LogP contribution is 2.26. The van der Waals surface area contributed by atoms with Crippen LogP contribution in [0.5, 0.6) is 5.75 Å². The summed E-state index contributed by atoms with van der Waals surface area (Å²) in [7, 11) is 3.55. The predicted octanol–water partition coefficient (Wildman–Crippen LogP) is 3.12. The minimum Gasteiger partial charge on any atom is -0.496 e. The van der Waals surface area contributed by atoms with Crippen LogP contribution in [0.25, 0.3) is 11.4 Å². The van der Waals surface area contributed by atoms with Gasteiger partial charge < -0.3 is 10.1 Å². The second kappa shape index (κ2) is 5.26. The molecule has 1 heterocycles. The van der Waals surface area contributed by atoms with Crippen LogP contribution in [-0.4, -0.2) is 24.1 Å². The van der Waals surface area contributed by atoms with Gasteiger partial charge in [-0.1, -0.05) is 0 Å². The van der Waals surface area contributed by atoms with Gasteiger partial charge in [0, 0.05) is 23.9 Å². The number of hydrogen-bond donors (Lipinski definition) is 1. The number of aromatic nitrogens is 2. The Morgan fingerprint density at radius 3 is 2.42 bits per heavy atom. The van der Waals surface area contributed by atoms with Gasteiger partial charge in [0.1, 0.15) is 11.6 Å². The molecule has 2 rings (SSSR count). The van der Waals surface area contributed by atoms with Crippen LogP contribution in [0.2, 0.25) is 0 Å². The van der Waals surface area contributed by atoms with Crippen LogP contribution in [0, 0.1) is 20.8 Å². The lowest BCUT2D eigenvalue weighted by Crippen LogP contribution is -2.02. The second-order valence-corrected chi connectivity index (χ2v) is 4.54. The summed E-state index contributed by atoms with van der Waals surface area (Å²) in [5.41, 5.74) is 4.14. The van der Waals surface area contributed by atoms with E-state index in [2.05, 4.69) is 15.3 Å². The van der Waals surface area contributed by atoms with Gasteiger partial charge in [0.25, 0.3) is 0 Å². The highest BCUT2D eigenvalue weighted by Gasteiger charge is 2.10. The Labute approximate surface area is 113 Å². The van der Waals surface area contributed by atoms with Crippen LogP contribution in [0.1, 0.15) is 16.8 Å². The van der Waals surface area contributed by atoms with E-state index in [0.29, 0.717) is 0 Å². The smallest absolute Gasteiger partial charge is 0.161 e. The molecule has 0 aliphatic rings. The van der Waals surface area contributed by atoms with E-state index < -0.39 is 0 Å². The minimum atomic E-state index is 0.734. The SMILES string of the molecule is CNc1nc(-c2ccc(OC)c(C)c2)nc(C)c1C. The number of anilines is 1. The van der Waals surface area contributed by atoms with Gasteiger partial charge in [0.05, 0.1) is 7.11 Å². The molecule has 0 radical (unpaired) electrons. The molecule has 0 unspecified atom stereocenters. The van der Waals surface area contributed by atoms with Crippen molar-refractivity contribution in [1.82, 2.24) is 9.97 Å². The van der Waals surface area contributed by atoms with Crippen molar-refractivity contribution in [3.63, 3.8) is 0 Å². The molecule has 0 saturated carbocycles. The van der Waals surface area contributed by atoms with Crippen molar-refractivity contribution in [2.75, 3.05) is 19.5 Å². The lowest BCUT2D eigenvalue weighted by Gasteiger charge is -2.11. The third-order valence-corrected chi connectivity index (χ3v) is 3.28. The Bertz CT molecular complexity index is 609. The average molecular weight is 257 g/mol. The first-order chi connectivity index (χ1) is 9.06. The molecule has 1 aromatic carbocycles. The third-order valence-electron chi connectivity index (χ3n) is 3.28. The Balaban J connectivity index is 2.53. The molecule has 2 aromatic rings. The van der Waals surface area contributed by atoms with Gasteiger partial charge in [-0.25, -0.2) is 9.97 Å². The summed E-state index contributed by atoms with van der Waals surface area (Å²) >= 11 is 0. The molecule has 1 N–H and O–H groups in total. The Kier molecular flexibility index (Phi) is 3.69. The zero-order valence-corrected chi connectivity index (χ0v) is 12.0. The van der Waals surface area contributed by atoms with Crippen LogP contribution < -0.4 is 10.1 Å². The van der Waals surface area contributed by atoms with Crippen LogP contribution in [0.3, 0.4) is 0 Å². The number of nitrogens with zero attached hydrogens (tertiary/aromatic N) is 2. The monoisotopic (exact) mass is 257 g/mol. The summed E-state index contributed by atoms with van der Waals surface area (Å²) in [5.74, 6) is 2.48. The van der Waals surface area contributed by atoms with Gasteiger partial charge in [-0.15, -0.1) is 0 Å². The van der Waals surface area contributed by atoms with E-state index in [1.54, 1.807) is 7.11 Å². The zero-order chi connectivity index (χ0) is 14.0. The van der Waals surface area contributed by atoms with Crippen molar-refractivity contribution in [2.24, 2.45) is 0 Å². The van der Waals surface area contributed by atoms with Crippen molar-refractivity contribution in [1.29, 1.82) is 0 Å². The number of rotatable bonds is 3. The fourth-order valence-electron chi connectivity index (χ4n) is 2.02. The Morgan fingerprint density at radius 2 is 1.84 bits per heavy atom. The van der Waals surface area contributed by atoms with Crippen molar-refractivity contribution in [3.05, 3.63) is 35.0 Å². The first kappa shape index (κ1) is 13.3. The summed E-state index contributed by atoms with van der Waals surface area (Å²) in [4.78, 5) is 9.11. The summed E-state index contributed by atoms with van der Waals surface area (Å²) in [6.45, 7) is 6.03. The third kappa shape index (κ3) is 2.52. The lowest BCUT2D eigenvalue weighted by atomic mass is 10.1. The largest absolute Gasteiger partial charge is 0.496 e. The standard InChI is InChI=1S/C15H19N3O/c1-9-8-12(6-7-13(9)19-5)15-17-11(3)10(2)14(16-4)18-15/h6-8H,1-5H3,(H,16,17,18). The van der Waals surface area contributed by atoms with E-state index in [-0.39, 0.29) is 0 Å². The first-order valence-corrected chi connectivity index (χ1v) is 6.24. The molecular formula is C15H19N3O. The van der Waals surface area contributed by atoms with E-state index in [1.165, 1.54) is 0 Å². The number of methoxy groups -OCH3 is 1. The second-order valence-electron chi connectivity index (χ2n) is 4.54. The molecule has 0 spiro atoms. The van der Waals surface area contributed by atoms with E-state index in [0.717, 1.165) is 39.8 Å². The number of aryl methyl sites for hydroxylation is 2. The van der Waals surface area contributed by atoms with Crippen LogP contribution in [-0.2, 0) is 0 Å². The van der Waals surface area contributed by atoms with Crippen molar-refractivity contribution in [2.45, 2.75) is 20.8 Å². The summed E-state index contributed by atoms with van der Waals surface area (Å²) in [5, 5.41) is 3.11. The first-order valence-electron chi connectivity index (χ1n) is 6.24. The fraction of sp³-hybridized carbons (Fsp3) is 0.333. The van der Waals surface area contributed by atoms with Gasteiger partial charge in [0.15, 0.2) is 5.82 Å². The molecule has 0 amide bonds. The highest BCUT2D eigenvalue weighted by atomic mass is 16.5. The molecule has 100 valence electrons. The topological polar surface area (TPSA) is 47.0 Å². The summed E-state index contributed by atoms with van der Waals surface area (Å²) in [6, 6.07) is 5.97. The zero-order valence-electron chi connectivity index (χ0n) is 12.0. The number of hydrogen-bond acceptors (Lipinski definition) is 4. The minimum absolute atomic E-state index is 0.734. The Morgan fingerprint density at radius 1 is 1.11 bits per heavy atom. The normalized spacial score (nSPS) is 10.4. The fourth-order valence-corrected chi connectivity index (χ4v) is 2.02. The van der Waals surface area contributed by atoms with Gasteiger partial charge >= 0.3 is 0 Å². The summed E-state index contributed by atoms with van der Waals surface area (Å²) in [6.07, 6.45) is 0. The molecule has 0 aliphatic heterocycles. The molecule has 0 aliphatic carbocycles. The molecule has 0 saturated heterocycles. The predicted molar refractivity (Wildman–Crippen MR) is 77.8 cm³/mol. The van der Waals surface area contributed by atoms with E-state index >= 15 is 0 Å². The Hall–Kier alpha value is -2.10. The number of benzene rings is 1. The number of ether oxygens (including phenoxy) is 1. The lowest BCUT2D eigenvalue weighted by molar-refractivity contribution is 0.412. The van der Waals surface area contributed by atoms with Crippen molar-refractivity contribution < 1.29 is 4.74 Å². The van der Waals surface area contributed by atoms with Gasteiger partial charge in [-0.3, -0.25) is 0 Å².